The number of carbonyl (C=O) groups is 3. The summed E-state index contributed by atoms with van der Waals surface area (Å²) in [6, 6.07) is 2.77. The van der Waals surface area contributed by atoms with Gasteiger partial charge in [-0.3, -0.25) is 14.5 Å². The second-order valence-electron chi connectivity index (χ2n) is 8.14. The minimum absolute atomic E-state index is 0.133. The number of fused-ring (bicyclic) bond motifs is 3. The molecule has 3 aliphatic rings. The molecule has 0 saturated carbocycles. The predicted octanol–water partition coefficient (Wildman–Crippen LogP) is 0.571. The van der Waals surface area contributed by atoms with Gasteiger partial charge in [-0.15, -0.1) is 0 Å². The Labute approximate surface area is 184 Å². The van der Waals surface area contributed by atoms with Gasteiger partial charge in [0.05, 0.1) is 24.9 Å². The Hall–Kier alpha value is -2.98. The highest BCUT2D eigenvalue weighted by atomic mass is 19.1. The highest BCUT2D eigenvalue weighted by Crippen LogP contribution is 2.41. The van der Waals surface area contributed by atoms with Gasteiger partial charge in [0.2, 0.25) is 5.91 Å². The number of halogens is 1. The number of hydrogen-bond donors (Lipinski definition) is 3. The maximum absolute atomic E-state index is 15.0. The second kappa shape index (κ2) is 8.87. The van der Waals surface area contributed by atoms with E-state index in [1.165, 1.54) is 15.9 Å². The lowest BCUT2D eigenvalue weighted by molar-refractivity contribution is -0.141. The molecular formula is C22H26FN3O6. The molecule has 32 heavy (non-hydrogen) atoms. The minimum Gasteiger partial charge on any atom is -0.442 e. The molecule has 0 aliphatic carbocycles. The molecule has 3 amide bonds. The fourth-order valence-corrected chi connectivity index (χ4v) is 4.45. The normalized spacial score (nSPS) is 22.8. The van der Waals surface area contributed by atoms with Crippen LogP contribution in [-0.4, -0.2) is 77.5 Å². The Bertz CT molecular complexity index is 981. The van der Waals surface area contributed by atoms with E-state index < -0.39 is 36.6 Å². The van der Waals surface area contributed by atoms with Gasteiger partial charge in [-0.2, -0.15) is 0 Å². The fraction of sp³-hybridized carbons (Fsp3) is 0.500. The average Bonchev–Trinajstić information content (AvgIpc) is 3.32. The Balaban J connectivity index is 1.51. The number of rotatable bonds is 6. The minimum atomic E-state index is -1.45. The van der Waals surface area contributed by atoms with Gasteiger partial charge in [0.15, 0.2) is 6.10 Å². The van der Waals surface area contributed by atoms with Crippen LogP contribution in [-0.2, 0) is 20.7 Å². The second-order valence-corrected chi connectivity index (χ2v) is 8.14. The maximum atomic E-state index is 15.0. The van der Waals surface area contributed by atoms with E-state index >= 15 is 4.39 Å². The first kappa shape index (κ1) is 22.2. The quantitative estimate of drug-likeness (QED) is 0.587. The summed E-state index contributed by atoms with van der Waals surface area (Å²) < 4.78 is 20.4. The number of aliphatic hydroxyl groups is 2. The standard InChI is InChI=1S/C22H26FN3O6/c1-2-20(29)24-10-19-17-8-13-7-14(15(23)9-16(13)26(17)22(31)32-19)12-3-5-25(6-4-12)21(30)18(28)11-27/h3,7,9,17-19,27-28H,2,4-6,8,10-11H2,1H3,(H,24,29)/t17?,18?,19-/m0/s1. The third kappa shape index (κ3) is 3.95. The number of benzene rings is 1. The number of nitrogens with one attached hydrogen (secondary N) is 1. The molecule has 9 nitrogen and oxygen atoms in total. The molecule has 3 heterocycles. The number of carbonyl (C=O) groups excluding carboxylic acids is 3. The molecule has 1 aromatic carbocycles. The third-order valence-corrected chi connectivity index (χ3v) is 6.21. The number of amides is 3. The summed E-state index contributed by atoms with van der Waals surface area (Å²) in [5, 5.41) is 21.2. The largest absolute Gasteiger partial charge is 0.442 e. The molecule has 1 aromatic rings. The SMILES string of the molecule is CCC(=O)NC[C@@H]1OC(=O)N2c3cc(F)c(C4=CCN(C(=O)C(O)CO)CC4)cc3CC12. The molecule has 3 atom stereocenters. The zero-order valence-corrected chi connectivity index (χ0v) is 17.7. The summed E-state index contributed by atoms with van der Waals surface area (Å²) in [7, 11) is 0. The summed E-state index contributed by atoms with van der Waals surface area (Å²) in [6.07, 6.45) is 0.450. The number of anilines is 1. The van der Waals surface area contributed by atoms with Gasteiger partial charge in [-0.1, -0.05) is 13.0 Å². The summed E-state index contributed by atoms with van der Waals surface area (Å²) in [5.74, 6) is -1.16. The van der Waals surface area contributed by atoms with Gasteiger partial charge in [0, 0.05) is 25.1 Å². The van der Waals surface area contributed by atoms with Crippen molar-refractivity contribution in [1.82, 2.24) is 10.2 Å². The van der Waals surface area contributed by atoms with E-state index in [1.807, 2.05) is 0 Å². The van der Waals surface area contributed by atoms with Gasteiger partial charge in [0.1, 0.15) is 11.9 Å². The maximum Gasteiger partial charge on any atom is 0.415 e. The number of hydrogen-bond acceptors (Lipinski definition) is 6. The monoisotopic (exact) mass is 447 g/mol. The molecule has 1 fully saturated rings. The molecule has 3 N–H and O–H groups in total. The predicted molar refractivity (Wildman–Crippen MR) is 112 cm³/mol. The zero-order valence-electron chi connectivity index (χ0n) is 17.7. The topological polar surface area (TPSA) is 119 Å². The van der Waals surface area contributed by atoms with Crippen molar-refractivity contribution in [1.29, 1.82) is 0 Å². The number of nitrogens with zero attached hydrogens (tertiary/aromatic N) is 2. The van der Waals surface area contributed by atoms with E-state index in [4.69, 9.17) is 9.84 Å². The molecule has 4 rings (SSSR count). The van der Waals surface area contributed by atoms with E-state index in [9.17, 15) is 19.5 Å². The molecule has 0 radical (unpaired) electrons. The van der Waals surface area contributed by atoms with Crippen LogP contribution in [0.1, 0.15) is 30.9 Å². The van der Waals surface area contributed by atoms with Crippen LogP contribution in [0.4, 0.5) is 14.9 Å². The van der Waals surface area contributed by atoms with Crippen molar-refractivity contribution >= 4 is 29.2 Å². The van der Waals surface area contributed by atoms with E-state index in [1.54, 1.807) is 19.1 Å². The molecule has 0 aromatic heterocycles. The Morgan fingerprint density at radius 3 is 2.81 bits per heavy atom. The molecule has 0 spiro atoms. The van der Waals surface area contributed by atoms with Gasteiger partial charge in [-0.25, -0.2) is 9.18 Å². The third-order valence-electron chi connectivity index (χ3n) is 6.21. The lowest BCUT2D eigenvalue weighted by Gasteiger charge is -2.28. The first-order valence-electron chi connectivity index (χ1n) is 10.7. The smallest absolute Gasteiger partial charge is 0.415 e. The van der Waals surface area contributed by atoms with E-state index in [0.29, 0.717) is 37.1 Å². The lowest BCUT2D eigenvalue weighted by Crippen LogP contribution is -2.42. The zero-order chi connectivity index (χ0) is 23.0. The van der Waals surface area contributed by atoms with Crippen molar-refractivity contribution in [2.75, 3.05) is 31.1 Å². The number of cyclic esters (lactones) is 1. The van der Waals surface area contributed by atoms with Crippen molar-refractivity contribution in [3.8, 4) is 0 Å². The van der Waals surface area contributed by atoms with Crippen molar-refractivity contribution in [3.63, 3.8) is 0 Å². The molecule has 3 aliphatic heterocycles. The van der Waals surface area contributed by atoms with Crippen molar-refractivity contribution in [2.24, 2.45) is 0 Å². The summed E-state index contributed by atoms with van der Waals surface area (Å²) in [4.78, 5) is 38.9. The summed E-state index contributed by atoms with van der Waals surface area (Å²) in [5.41, 5.74) is 2.47. The average molecular weight is 447 g/mol. The van der Waals surface area contributed by atoms with Crippen molar-refractivity contribution in [3.05, 3.63) is 35.2 Å². The van der Waals surface area contributed by atoms with E-state index in [-0.39, 0.29) is 25.0 Å². The Kier molecular flexibility index (Phi) is 6.16. The first-order chi connectivity index (χ1) is 15.3. The lowest BCUT2D eigenvalue weighted by atomic mass is 9.95. The van der Waals surface area contributed by atoms with Crippen molar-refractivity contribution in [2.45, 2.75) is 44.4 Å². The number of aliphatic hydroxyl groups excluding tert-OH is 2. The molecular weight excluding hydrogens is 421 g/mol. The summed E-state index contributed by atoms with van der Waals surface area (Å²) >= 11 is 0. The van der Waals surface area contributed by atoms with Crippen LogP contribution in [0.3, 0.4) is 0 Å². The molecule has 172 valence electrons. The van der Waals surface area contributed by atoms with Gasteiger partial charge >= 0.3 is 6.09 Å². The van der Waals surface area contributed by atoms with Crippen LogP contribution < -0.4 is 10.2 Å². The molecule has 0 bridgehead atoms. The number of ether oxygens (including phenoxy) is 1. The molecule has 1 saturated heterocycles. The Morgan fingerprint density at radius 1 is 1.38 bits per heavy atom. The molecule has 10 heteroatoms. The van der Waals surface area contributed by atoms with Crippen LogP contribution in [0, 0.1) is 5.82 Å². The van der Waals surface area contributed by atoms with Crippen LogP contribution in [0.15, 0.2) is 18.2 Å². The fourth-order valence-electron chi connectivity index (χ4n) is 4.45. The van der Waals surface area contributed by atoms with E-state index in [2.05, 4.69) is 5.32 Å². The van der Waals surface area contributed by atoms with Gasteiger partial charge in [-0.05, 0) is 36.1 Å². The van der Waals surface area contributed by atoms with Crippen LogP contribution in [0.2, 0.25) is 0 Å². The van der Waals surface area contributed by atoms with Crippen molar-refractivity contribution < 1.29 is 33.7 Å². The highest BCUT2D eigenvalue weighted by molar-refractivity contribution is 5.94. The van der Waals surface area contributed by atoms with Gasteiger partial charge < -0.3 is 25.2 Å². The van der Waals surface area contributed by atoms with Gasteiger partial charge in [0.25, 0.3) is 5.91 Å². The Morgan fingerprint density at radius 2 is 2.16 bits per heavy atom. The summed E-state index contributed by atoms with van der Waals surface area (Å²) in [6.45, 7) is 1.81. The molecule has 2 unspecified atom stereocenters. The van der Waals surface area contributed by atoms with E-state index in [0.717, 1.165) is 11.1 Å². The van der Waals surface area contributed by atoms with Crippen LogP contribution in [0.25, 0.3) is 5.57 Å². The highest BCUT2D eigenvalue weighted by Gasteiger charge is 2.47. The van der Waals surface area contributed by atoms with Crippen LogP contribution >= 0.6 is 0 Å². The first-order valence-corrected chi connectivity index (χ1v) is 10.7. The van der Waals surface area contributed by atoms with Crippen LogP contribution in [0.5, 0.6) is 0 Å².